The number of carbonyl (C=O) groups is 2. The second kappa shape index (κ2) is 6.72. The molecule has 3 rings (SSSR count). The number of nitriles is 1. The fourth-order valence-corrected chi connectivity index (χ4v) is 2.67. The maximum Gasteiger partial charge on any atom is 0.271 e. The van der Waals surface area contributed by atoms with Gasteiger partial charge in [0.05, 0.1) is 4.92 Å². The molecule has 0 saturated carbocycles. The van der Waals surface area contributed by atoms with Crippen LogP contribution < -0.4 is 0 Å². The monoisotopic (exact) mass is 363 g/mol. The third kappa shape index (κ3) is 3.14. The molecule has 0 spiro atoms. The van der Waals surface area contributed by atoms with Crippen LogP contribution in [0.3, 0.4) is 0 Å². The van der Waals surface area contributed by atoms with Crippen molar-refractivity contribution < 1.29 is 18.9 Å². The zero-order valence-electron chi connectivity index (χ0n) is 14.4. The molecule has 1 aliphatic heterocycles. The summed E-state index contributed by atoms with van der Waals surface area (Å²) in [5, 5.41) is 19.9. The highest BCUT2D eigenvalue weighted by Gasteiger charge is 2.33. The zero-order chi connectivity index (χ0) is 19.7. The van der Waals surface area contributed by atoms with Crippen LogP contribution in [0.1, 0.15) is 12.7 Å². The van der Waals surface area contributed by atoms with Crippen molar-refractivity contribution in [1.82, 2.24) is 4.90 Å². The first-order valence-corrected chi connectivity index (χ1v) is 7.83. The average molecular weight is 363 g/mol. The van der Waals surface area contributed by atoms with Crippen LogP contribution in [0.25, 0.3) is 17.4 Å². The van der Waals surface area contributed by atoms with Gasteiger partial charge >= 0.3 is 0 Å². The van der Waals surface area contributed by atoms with Gasteiger partial charge in [0, 0.05) is 30.3 Å². The number of amides is 2. The van der Waals surface area contributed by atoms with Gasteiger partial charge in [0.2, 0.25) is 0 Å². The van der Waals surface area contributed by atoms with E-state index in [-0.39, 0.29) is 16.8 Å². The van der Waals surface area contributed by atoms with Gasteiger partial charge in [0.1, 0.15) is 23.2 Å². The zero-order valence-corrected chi connectivity index (χ0v) is 14.4. The van der Waals surface area contributed by atoms with Crippen molar-refractivity contribution in [3.8, 4) is 17.4 Å². The summed E-state index contributed by atoms with van der Waals surface area (Å²) >= 11 is 0. The van der Waals surface area contributed by atoms with E-state index in [1.807, 2.05) is 6.07 Å². The number of nitro groups is 1. The molecule has 1 aromatic heterocycles. The topological polar surface area (TPSA) is 117 Å². The maximum absolute atomic E-state index is 12.4. The number of nitro benzene ring substituents is 1. The van der Waals surface area contributed by atoms with Gasteiger partial charge in [0.15, 0.2) is 0 Å². The van der Waals surface area contributed by atoms with E-state index in [9.17, 15) is 19.7 Å². The van der Waals surface area contributed by atoms with Crippen LogP contribution in [0.4, 0.5) is 5.69 Å². The Morgan fingerprint density at radius 1 is 1.15 bits per heavy atom. The lowest BCUT2D eigenvalue weighted by atomic mass is 9.95. The lowest BCUT2D eigenvalue weighted by molar-refractivity contribution is -0.384. The highest BCUT2D eigenvalue weighted by atomic mass is 16.6. The molecule has 0 fully saturated rings. The Morgan fingerprint density at radius 2 is 1.81 bits per heavy atom. The summed E-state index contributed by atoms with van der Waals surface area (Å²) in [5.41, 5.74) is 0.998. The number of hydrogen-bond acceptors (Lipinski definition) is 6. The first-order valence-electron chi connectivity index (χ1n) is 7.83. The number of imide groups is 1. The Kier molecular flexibility index (Phi) is 4.44. The summed E-state index contributed by atoms with van der Waals surface area (Å²) in [6.07, 6.45) is 1.47. The van der Waals surface area contributed by atoms with Gasteiger partial charge in [-0.05, 0) is 42.8 Å². The first-order chi connectivity index (χ1) is 12.8. The van der Waals surface area contributed by atoms with Crippen LogP contribution in [0, 0.1) is 21.4 Å². The second-order valence-electron chi connectivity index (χ2n) is 5.85. The molecule has 0 N–H and O–H groups in total. The van der Waals surface area contributed by atoms with Crippen LogP contribution in [-0.2, 0) is 9.59 Å². The van der Waals surface area contributed by atoms with E-state index in [1.165, 1.54) is 32.2 Å². The molecule has 0 atom stereocenters. The molecule has 27 heavy (non-hydrogen) atoms. The maximum atomic E-state index is 12.4. The third-order valence-corrected chi connectivity index (χ3v) is 4.22. The van der Waals surface area contributed by atoms with Gasteiger partial charge in [-0.15, -0.1) is 0 Å². The van der Waals surface area contributed by atoms with Crippen LogP contribution >= 0.6 is 0 Å². The van der Waals surface area contributed by atoms with Crippen LogP contribution in [0.15, 0.2) is 57.5 Å². The molecular formula is C19H13N3O5. The minimum atomic E-state index is -0.636. The standard InChI is InChI=1S/C19H13N3O5/c1-11-15(18(23)21(2)19(24)16(11)10-20)9-14-7-8-17(27-14)12-3-5-13(6-4-12)22(25)26/h3-9H,1-2H3/b15-9-. The van der Waals surface area contributed by atoms with Crippen LogP contribution in [0.2, 0.25) is 0 Å². The molecule has 1 aliphatic rings. The predicted molar refractivity (Wildman–Crippen MR) is 94.9 cm³/mol. The molecule has 2 heterocycles. The molecule has 8 nitrogen and oxygen atoms in total. The number of furan rings is 1. The number of carbonyl (C=O) groups excluding carboxylic acids is 2. The predicted octanol–water partition coefficient (Wildman–Crippen LogP) is 3.08. The first kappa shape index (κ1) is 17.8. The summed E-state index contributed by atoms with van der Waals surface area (Å²) < 4.78 is 5.69. The Balaban J connectivity index is 1.98. The van der Waals surface area contributed by atoms with Crippen molar-refractivity contribution in [3.63, 3.8) is 0 Å². The van der Waals surface area contributed by atoms with Crippen molar-refractivity contribution in [2.24, 2.45) is 0 Å². The number of rotatable bonds is 3. The Morgan fingerprint density at radius 3 is 2.41 bits per heavy atom. The van der Waals surface area contributed by atoms with Crippen molar-refractivity contribution >= 4 is 23.6 Å². The van der Waals surface area contributed by atoms with Crippen molar-refractivity contribution in [3.05, 3.63) is 69.0 Å². The molecule has 2 aromatic rings. The van der Waals surface area contributed by atoms with Gasteiger partial charge in [-0.1, -0.05) is 0 Å². The van der Waals surface area contributed by atoms with Crippen molar-refractivity contribution in [1.29, 1.82) is 5.26 Å². The van der Waals surface area contributed by atoms with E-state index >= 15 is 0 Å². The average Bonchev–Trinajstić information content (AvgIpc) is 3.13. The third-order valence-electron chi connectivity index (χ3n) is 4.22. The fraction of sp³-hybridized carbons (Fsp3) is 0.105. The minimum absolute atomic E-state index is 0.0297. The summed E-state index contributed by atoms with van der Waals surface area (Å²) in [4.78, 5) is 35.5. The number of likely N-dealkylation sites (N-methyl/N-ethyl adjacent to an activating group) is 1. The molecule has 2 amide bonds. The minimum Gasteiger partial charge on any atom is -0.457 e. The molecule has 0 unspecified atom stereocenters. The lowest BCUT2D eigenvalue weighted by Crippen LogP contribution is -2.39. The van der Waals surface area contributed by atoms with Gasteiger partial charge in [-0.2, -0.15) is 5.26 Å². The number of non-ortho nitro benzene ring substituents is 1. The number of hydrogen-bond donors (Lipinski definition) is 0. The molecule has 1 aromatic carbocycles. The second-order valence-corrected chi connectivity index (χ2v) is 5.85. The van der Waals surface area contributed by atoms with Gasteiger partial charge in [-0.3, -0.25) is 24.6 Å². The van der Waals surface area contributed by atoms with E-state index in [4.69, 9.17) is 9.68 Å². The van der Waals surface area contributed by atoms with E-state index in [0.29, 0.717) is 22.7 Å². The smallest absolute Gasteiger partial charge is 0.271 e. The summed E-state index contributed by atoms with van der Waals surface area (Å²) in [7, 11) is 1.31. The highest BCUT2D eigenvalue weighted by Crippen LogP contribution is 2.29. The number of benzene rings is 1. The largest absolute Gasteiger partial charge is 0.457 e. The summed E-state index contributed by atoms with van der Waals surface area (Å²) in [5.74, 6) is -0.342. The quantitative estimate of drug-likeness (QED) is 0.358. The van der Waals surface area contributed by atoms with Gasteiger partial charge < -0.3 is 4.42 Å². The van der Waals surface area contributed by atoms with Crippen LogP contribution in [0.5, 0.6) is 0 Å². The molecule has 134 valence electrons. The van der Waals surface area contributed by atoms with E-state index < -0.39 is 16.7 Å². The molecular weight excluding hydrogens is 350 g/mol. The van der Waals surface area contributed by atoms with E-state index in [2.05, 4.69) is 0 Å². The Labute approximate surface area is 153 Å². The SMILES string of the molecule is CC1=C(C#N)C(=O)N(C)C(=O)/C1=C\c1ccc(-c2ccc([N+](=O)[O-])cc2)o1. The Bertz CT molecular complexity index is 1070. The van der Waals surface area contributed by atoms with Crippen molar-refractivity contribution in [2.75, 3.05) is 7.05 Å². The van der Waals surface area contributed by atoms with Gasteiger partial charge in [-0.25, -0.2) is 0 Å². The summed E-state index contributed by atoms with van der Waals surface area (Å²) in [6, 6.07) is 11.0. The number of nitrogens with zero attached hydrogens (tertiary/aromatic N) is 3. The van der Waals surface area contributed by atoms with E-state index in [1.54, 1.807) is 24.3 Å². The molecule has 0 radical (unpaired) electrons. The van der Waals surface area contributed by atoms with E-state index in [0.717, 1.165) is 4.90 Å². The lowest BCUT2D eigenvalue weighted by Gasteiger charge is -2.23. The van der Waals surface area contributed by atoms with Gasteiger partial charge in [0.25, 0.3) is 17.5 Å². The molecule has 0 bridgehead atoms. The normalized spacial score (nSPS) is 16.0. The Hall–Kier alpha value is -3.99. The molecule has 8 heteroatoms. The van der Waals surface area contributed by atoms with Crippen molar-refractivity contribution in [2.45, 2.75) is 6.92 Å². The molecule has 0 saturated heterocycles. The fourth-order valence-electron chi connectivity index (χ4n) is 2.67. The summed E-state index contributed by atoms with van der Waals surface area (Å²) in [6.45, 7) is 1.54. The highest BCUT2D eigenvalue weighted by molar-refractivity contribution is 6.19. The van der Waals surface area contributed by atoms with Crippen LogP contribution in [-0.4, -0.2) is 28.7 Å². The molecule has 0 aliphatic carbocycles.